The number of ether oxygens (including phenoxy) is 2. The summed E-state index contributed by atoms with van der Waals surface area (Å²) in [5.41, 5.74) is 0.499. The molecule has 2 atom stereocenters. The van der Waals surface area contributed by atoms with Crippen LogP contribution in [0.25, 0.3) is 0 Å². The second-order valence-electron chi connectivity index (χ2n) is 7.54. The molecule has 0 amide bonds. The van der Waals surface area contributed by atoms with Crippen LogP contribution < -0.4 is 0 Å². The number of hydrogen-bond donors (Lipinski definition) is 0. The first kappa shape index (κ1) is 26.4. The number of halogens is 1. The minimum atomic E-state index is -0.813. The van der Waals surface area contributed by atoms with Gasteiger partial charge in [0, 0.05) is 17.6 Å². The van der Waals surface area contributed by atoms with E-state index in [0.717, 1.165) is 19.3 Å². The Labute approximate surface area is 170 Å². The van der Waals surface area contributed by atoms with Crippen molar-refractivity contribution < 1.29 is 23.5 Å². The van der Waals surface area contributed by atoms with E-state index in [1.165, 1.54) is 45.4 Å². The van der Waals surface area contributed by atoms with E-state index in [-0.39, 0.29) is 17.6 Å². The van der Waals surface area contributed by atoms with Gasteiger partial charge in [0.1, 0.15) is 12.2 Å². The Kier molecular flexibility index (Phi) is 15.4. The number of carbonyl (C=O) groups excluding carboxylic acids is 2. The molecule has 0 aliphatic rings. The Balaban J connectivity index is 4.59. The highest BCUT2D eigenvalue weighted by molar-refractivity contribution is 5.88. The predicted molar refractivity (Wildman–Crippen MR) is 112 cm³/mol. The number of hydrogen-bond acceptors (Lipinski definition) is 4. The summed E-state index contributed by atoms with van der Waals surface area (Å²) in [5, 5.41) is 0. The molecule has 0 rings (SSSR count). The maximum absolute atomic E-state index is 13.0. The molecular formula is C23H39FO4. The lowest BCUT2D eigenvalue weighted by atomic mass is 10.0. The summed E-state index contributed by atoms with van der Waals surface area (Å²) >= 11 is 0. The van der Waals surface area contributed by atoms with Crippen molar-refractivity contribution in [2.75, 3.05) is 6.67 Å². The van der Waals surface area contributed by atoms with Gasteiger partial charge < -0.3 is 9.47 Å². The third kappa shape index (κ3) is 12.7. The minimum absolute atomic E-state index is 0.00934. The quantitative estimate of drug-likeness (QED) is 0.165. The highest BCUT2D eigenvalue weighted by Crippen LogP contribution is 2.20. The summed E-state index contributed by atoms with van der Waals surface area (Å²) in [6.45, 7) is 11.8. The zero-order valence-corrected chi connectivity index (χ0v) is 18.1. The first-order valence-corrected chi connectivity index (χ1v) is 10.6. The largest absolute Gasteiger partial charge is 0.455 e. The maximum Gasteiger partial charge on any atom is 0.333 e. The summed E-state index contributed by atoms with van der Waals surface area (Å²) in [5.74, 6) is -1.14. The molecule has 0 aromatic rings. The standard InChI is InChI=1S/C23H39FO4/c1-6-7-8-9-10-11-12-13-14-15-20(27-22(25)18(2)3)21(16-17-24)28-23(26)19(4)5/h20-21H,2,4,6-17H2,1,3,5H3. The van der Waals surface area contributed by atoms with E-state index in [4.69, 9.17) is 9.47 Å². The van der Waals surface area contributed by atoms with Gasteiger partial charge in [-0.3, -0.25) is 4.39 Å². The van der Waals surface area contributed by atoms with Gasteiger partial charge in [-0.05, 0) is 26.7 Å². The molecule has 0 bridgehead atoms. The van der Waals surface area contributed by atoms with Crippen molar-refractivity contribution in [3.05, 3.63) is 24.3 Å². The number of alkyl halides is 1. The van der Waals surface area contributed by atoms with E-state index >= 15 is 0 Å². The molecule has 0 heterocycles. The van der Waals surface area contributed by atoms with Crippen LogP contribution in [0.3, 0.4) is 0 Å². The van der Waals surface area contributed by atoms with E-state index < -0.39 is 30.8 Å². The van der Waals surface area contributed by atoms with E-state index in [1.807, 2.05) is 0 Å². The molecule has 0 aromatic carbocycles. The molecule has 28 heavy (non-hydrogen) atoms. The molecule has 162 valence electrons. The van der Waals surface area contributed by atoms with Crippen LogP contribution in [-0.4, -0.2) is 30.8 Å². The molecule has 0 aromatic heterocycles. The van der Waals surface area contributed by atoms with Crippen LogP contribution in [0.1, 0.15) is 91.4 Å². The maximum atomic E-state index is 13.0. The van der Waals surface area contributed by atoms with Crippen LogP contribution in [0.4, 0.5) is 4.39 Å². The number of esters is 2. The van der Waals surface area contributed by atoms with Crippen molar-refractivity contribution in [3.8, 4) is 0 Å². The zero-order chi connectivity index (χ0) is 21.4. The van der Waals surface area contributed by atoms with E-state index in [9.17, 15) is 14.0 Å². The van der Waals surface area contributed by atoms with Crippen molar-refractivity contribution in [2.45, 2.75) is 104 Å². The molecule has 0 saturated heterocycles. The van der Waals surface area contributed by atoms with Crippen molar-refractivity contribution in [3.63, 3.8) is 0 Å². The van der Waals surface area contributed by atoms with E-state index in [0.29, 0.717) is 6.42 Å². The topological polar surface area (TPSA) is 52.6 Å². The van der Waals surface area contributed by atoms with Crippen LogP contribution in [-0.2, 0) is 19.1 Å². The van der Waals surface area contributed by atoms with Gasteiger partial charge in [0.2, 0.25) is 0 Å². The highest BCUT2D eigenvalue weighted by atomic mass is 19.1. The van der Waals surface area contributed by atoms with Gasteiger partial charge >= 0.3 is 11.9 Å². The fourth-order valence-electron chi connectivity index (χ4n) is 2.88. The third-order valence-corrected chi connectivity index (χ3v) is 4.61. The SMILES string of the molecule is C=C(C)C(=O)OC(CCF)C(CCCCCCCCCCC)OC(=O)C(=C)C. The highest BCUT2D eigenvalue weighted by Gasteiger charge is 2.28. The van der Waals surface area contributed by atoms with Crippen molar-refractivity contribution >= 4 is 11.9 Å². The summed E-state index contributed by atoms with van der Waals surface area (Å²) < 4.78 is 23.8. The molecule has 0 aliphatic heterocycles. The fraction of sp³-hybridized carbons (Fsp3) is 0.739. The van der Waals surface area contributed by atoms with Gasteiger partial charge in [0.25, 0.3) is 0 Å². The summed E-state index contributed by atoms with van der Waals surface area (Å²) in [6.07, 6.45) is 9.56. The second kappa shape index (κ2) is 16.3. The Morgan fingerprint density at radius 3 is 1.54 bits per heavy atom. The van der Waals surface area contributed by atoms with Crippen molar-refractivity contribution in [1.82, 2.24) is 0 Å². The van der Waals surface area contributed by atoms with Crippen LogP contribution in [0, 0.1) is 0 Å². The van der Waals surface area contributed by atoms with E-state index in [2.05, 4.69) is 20.1 Å². The lowest BCUT2D eigenvalue weighted by Crippen LogP contribution is -2.36. The van der Waals surface area contributed by atoms with Gasteiger partial charge in [0.05, 0.1) is 6.67 Å². The average Bonchev–Trinajstić information content (AvgIpc) is 2.64. The zero-order valence-electron chi connectivity index (χ0n) is 18.1. The third-order valence-electron chi connectivity index (χ3n) is 4.61. The fourth-order valence-corrected chi connectivity index (χ4v) is 2.88. The Bertz CT molecular complexity index is 487. The summed E-state index contributed by atoms with van der Waals surface area (Å²) in [4.78, 5) is 23.8. The lowest BCUT2D eigenvalue weighted by Gasteiger charge is -2.26. The van der Waals surface area contributed by atoms with Crippen LogP contribution in [0.5, 0.6) is 0 Å². The Morgan fingerprint density at radius 1 is 0.750 bits per heavy atom. The molecule has 0 saturated carbocycles. The van der Waals surface area contributed by atoms with Gasteiger partial charge in [-0.25, -0.2) is 9.59 Å². The Hall–Kier alpha value is -1.65. The van der Waals surface area contributed by atoms with Crippen LogP contribution in [0.2, 0.25) is 0 Å². The first-order valence-electron chi connectivity index (χ1n) is 10.6. The summed E-state index contributed by atoms with van der Waals surface area (Å²) in [7, 11) is 0. The molecule has 5 heteroatoms. The molecule has 2 unspecified atom stereocenters. The molecular weight excluding hydrogens is 359 g/mol. The Morgan fingerprint density at radius 2 is 1.14 bits per heavy atom. The number of carbonyl (C=O) groups is 2. The second-order valence-corrected chi connectivity index (χ2v) is 7.54. The molecule has 0 spiro atoms. The van der Waals surface area contributed by atoms with Gasteiger partial charge in [-0.1, -0.05) is 71.4 Å². The number of rotatable bonds is 17. The molecule has 0 fully saturated rings. The van der Waals surface area contributed by atoms with Gasteiger partial charge in [-0.15, -0.1) is 0 Å². The van der Waals surface area contributed by atoms with E-state index in [1.54, 1.807) is 6.92 Å². The molecule has 0 N–H and O–H groups in total. The van der Waals surface area contributed by atoms with Gasteiger partial charge in [-0.2, -0.15) is 0 Å². The smallest absolute Gasteiger partial charge is 0.333 e. The van der Waals surface area contributed by atoms with Crippen molar-refractivity contribution in [1.29, 1.82) is 0 Å². The van der Waals surface area contributed by atoms with Gasteiger partial charge in [0.15, 0.2) is 0 Å². The van der Waals surface area contributed by atoms with Crippen LogP contribution >= 0.6 is 0 Å². The average molecular weight is 399 g/mol. The monoisotopic (exact) mass is 398 g/mol. The summed E-state index contributed by atoms with van der Waals surface area (Å²) in [6, 6.07) is 0. The minimum Gasteiger partial charge on any atom is -0.455 e. The van der Waals surface area contributed by atoms with Crippen molar-refractivity contribution in [2.24, 2.45) is 0 Å². The predicted octanol–water partition coefficient (Wildman–Crippen LogP) is 6.24. The number of unbranched alkanes of at least 4 members (excludes halogenated alkanes) is 8. The molecule has 0 aliphatic carbocycles. The molecule has 4 nitrogen and oxygen atoms in total. The normalized spacial score (nSPS) is 12.9. The lowest BCUT2D eigenvalue weighted by molar-refractivity contribution is -0.164. The first-order chi connectivity index (χ1) is 13.3. The molecule has 0 radical (unpaired) electrons. The van der Waals surface area contributed by atoms with Crippen LogP contribution in [0.15, 0.2) is 24.3 Å².